The van der Waals surface area contributed by atoms with E-state index in [4.69, 9.17) is 9.47 Å². The van der Waals surface area contributed by atoms with E-state index in [0.717, 1.165) is 22.6 Å². The summed E-state index contributed by atoms with van der Waals surface area (Å²) >= 11 is 0. The van der Waals surface area contributed by atoms with Crippen molar-refractivity contribution in [3.8, 4) is 123 Å². The zero-order valence-corrected chi connectivity index (χ0v) is 44.7. The molecule has 0 amide bonds. The number of ether oxygens (including phenoxy) is 2. The highest BCUT2D eigenvalue weighted by atomic mass is 16.5. The highest BCUT2D eigenvalue weighted by Crippen LogP contribution is 2.64. The molecule has 0 unspecified atom stereocenters. The molecule has 0 heterocycles. The van der Waals surface area contributed by atoms with Crippen molar-refractivity contribution < 1.29 is 9.47 Å². The van der Waals surface area contributed by atoms with Crippen molar-refractivity contribution in [1.29, 1.82) is 0 Å². The highest BCUT2D eigenvalue weighted by Gasteiger charge is 2.52. The fourth-order valence-corrected chi connectivity index (χ4v) is 12.4. The van der Waals surface area contributed by atoms with E-state index >= 15 is 0 Å². The van der Waals surface area contributed by atoms with Crippen LogP contribution in [0, 0.1) is 13.8 Å². The number of hydrogen-bond donors (Lipinski definition) is 0. The van der Waals surface area contributed by atoms with Gasteiger partial charge in [-0.25, -0.2) is 0 Å². The van der Waals surface area contributed by atoms with Crippen LogP contribution in [0.5, 0.6) is 11.5 Å². The van der Waals surface area contributed by atoms with Gasteiger partial charge in [-0.2, -0.15) is 0 Å². The van der Waals surface area contributed by atoms with Gasteiger partial charge in [0.2, 0.25) is 0 Å². The first-order valence-electron chi connectivity index (χ1n) is 27.2. The number of methoxy groups -OCH3 is 2. The molecule has 2 aliphatic carbocycles. The van der Waals surface area contributed by atoms with Gasteiger partial charge in [-0.3, -0.25) is 0 Å². The lowest BCUT2D eigenvalue weighted by atomic mass is 9.69. The van der Waals surface area contributed by atoms with E-state index in [1.807, 2.05) is 24.3 Å². The van der Waals surface area contributed by atoms with Crippen LogP contribution in [0.4, 0.5) is 0 Å². The Kier molecular flexibility index (Phi) is 11.7. The zero-order valence-electron chi connectivity index (χ0n) is 44.7. The normalized spacial score (nSPS) is 12.4. The first kappa shape index (κ1) is 47.7. The second-order valence-corrected chi connectivity index (χ2v) is 21.3. The smallest absolute Gasteiger partial charge is 0.118 e. The quantitative estimate of drug-likeness (QED) is 0.136. The second kappa shape index (κ2) is 19.4. The minimum Gasteiger partial charge on any atom is -0.497 e. The molecule has 2 aliphatic rings. The Labute approximate surface area is 463 Å². The second-order valence-electron chi connectivity index (χ2n) is 21.3. The highest BCUT2D eigenvalue weighted by molar-refractivity contribution is 5.99. The lowest BCUT2D eigenvalue weighted by Gasteiger charge is -2.32. The molecule has 0 N–H and O–H groups in total. The predicted molar refractivity (Wildman–Crippen MR) is 329 cm³/mol. The van der Waals surface area contributed by atoms with Crippen LogP contribution in [0.15, 0.2) is 267 Å². The Hall–Kier alpha value is -9.76. The van der Waals surface area contributed by atoms with Gasteiger partial charge in [0.25, 0.3) is 0 Å². The van der Waals surface area contributed by atoms with Gasteiger partial charge in [0.1, 0.15) is 11.5 Å². The van der Waals surface area contributed by atoms with Crippen molar-refractivity contribution in [2.24, 2.45) is 0 Å². The van der Waals surface area contributed by atoms with Gasteiger partial charge >= 0.3 is 0 Å². The first-order chi connectivity index (χ1) is 38.8. The summed E-state index contributed by atoms with van der Waals surface area (Å²) in [6.45, 7) is 4.28. The van der Waals surface area contributed by atoms with Crippen LogP contribution in [-0.4, -0.2) is 14.2 Å². The molecular weight excluding hydrogens is 957 g/mol. The van der Waals surface area contributed by atoms with Crippen LogP contribution in [-0.2, 0) is 5.41 Å². The average Bonchev–Trinajstić information content (AvgIpc) is 4.09. The lowest BCUT2D eigenvalue weighted by Crippen LogP contribution is -2.26. The number of fused-ring (bicyclic) bond motifs is 10. The first-order valence-corrected chi connectivity index (χ1v) is 27.2. The van der Waals surface area contributed by atoms with E-state index in [9.17, 15) is 0 Å². The third kappa shape index (κ3) is 8.27. The SMILES string of the molecule is COc1ccc(-c2ccc(-c3ccc4c(c3)C3(c5cc(-c6ccc(-c7ccc(C)cc7)cc6)ccc5-4)c4cc(-c5ccc(-c6ccc(C)cc6)cc5)ccc4-c4ccc(-c5ccc(-c6ccc(OC)cc6)cc5)cc43)cc2)cc1. The number of aryl methyl sites for hydroxylation is 2. The number of hydrogen-bond acceptors (Lipinski definition) is 2. The summed E-state index contributed by atoms with van der Waals surface area (Å²) in [5.74, 6) is 1.70. The van der Waals surface area contributed by atoms with Gasteiger partial charge in [-0.1, -0.05) is 230 Å². The van der Waals surface area contributed by atoms with Crippen LogP contribution < -0.4 is 9.47 Å². The third-order valence-corrected chi connectivity index (χ3v) is 16.8. The van der Waals surface area contributed by atoms with Gasteiger partial charge in [0.05, 0.1) is 19.6 Å². The van der Waals surface area contributed by atoms with Crippen molar-refractivity contribution in [3.63, 3.8) is 0 Å². The molecule has 2 heteroatoms. The fourth-order valence-electron chi connectivity index (χ4n) is 12.4. The van der Waals surface area contributed by atoms with Crippen LogP contribution in [0.2, 0.25) is 0 Å². The summed E-state index contributed by atoms with van der Waals surface area (Å²) in [7, 11) is 3.42. The predicted octanol–water partition coefficient (Wildman–Crippen LogP) is 20.0. The van der Waals surface area contributed by atoms with Crippen molar-refractivity contribution in [1.82, 2.24) is 0 Å². The molecule has 0 atom stereocenters. The monoisotopic (exact) mass is 1010 g/mol. The molecule has 12 aromatic rings. The minimum atomic E-state index is -0.664. The van der Waals surface area contributed by atoms with E-state index in [0.29, 0.717) is 0 Å². The van der Waals surface area contributed by atoms with Gasteiger partial charge in [-0.05, 0) is 196 Å². The molecule has 0 fully saturated rings. The zero-order chi connectivity index (χ0) is 53.2. The topological polar surface area (TPSA) is 18.5 Å². The molecule has 0 aromatic heterocycles. The van der Waals surface area contributed by atoms with E-state index in [-0.39, 0.29) is 0 Å². The fraction of sp³-hybridized carbons (Fsp3) is 0.0649. The minimum absolute atomic E-state index is 0.664. The van der Waals surface area contributed by atoms with Gasteiger partial charge < -0.3 is 9.47 Å². The summed E-state index contributed by atoms with van der Waals surface area (Å²) in [5, 5.41) is 0. The van der Waals surface area contributed by atoms with E-state index in [1.54, 1.807) is 14.2 Å². The molecule has 0 bridgehead atoms. The largest absolute Gasteiger partial charge is 0.497 e. The maximum Gasteiger partial charge on any atom is 0.118 e. The third-order valence-electron chi connectivity index (χ3n) is 16.8. The number of benzene rings is 12. The van der Waals surface area contributed by atoms with Gasteiger partial charge in [-0.15, -0.1) is 0 Å². The standard InChI is InChI=1S/C77H56O2/c1-49-5-9-51(10-6-49)53-13-21-59(22-14-53)63-33-41-69-71-43-35-65(61-25-17-55(18-26-61)57-29-37-67(78-3)38-30-57)47-75(71)77(73(69)45-63)74-46-64(60-23-15-54(16-24-60)52-11-7-50(2)8-12-52)34-42-70(74)72-44-36-66(48-76(72)77)62-27-19-56(20-28-62)58-31-39-68(79-4)40-32-58/h5-48H,1-4H3. The van der Waals surface area contributed by atoms with Crippen LogP contribution in [0.3, 0.4) is 0 Å². The van der Waals surface area contributed by atoms with E-state index in [1.165, 1.54) is 134 Å². The Balaban J connectivity index is 0.964. The maximum atomic E-state index is 5.48. The molecule has 1 spiro atoms. The molecule has 2 nitrogen and oxygen atoms in total. The number of rotatable bonds is 10. The molecule has 0 radical (unpaired) electrons. The van der Waals surface area contributed by atoms with Gasteiger partial charge in [0.15, 0.2) is 0 Å². The molecule has 0 aliphatic heterocycles. The maximum absolute atomic E-state index is 5.48. The molecule has 79 heavy (non-hydrogen) atoms. The van der Waals surface area contributed by atoms with Crippen LogP contribution in [0.25, 0.3) is 111 Å². The van der Waals surface area contributed by atoms with Crippen molar-refractivity contribution >= 4 is 0 Å². The summed E-state index contributed by atoms with van der Waals surface area (Å²) in [6, 6.07) is 99.5. The summed E-state index contributed by atoms with van der Waals surface area (Å²) in [5.41, 5.74) is 31.1. The Bertz CT molecular complexity index is 3960. The molecule has 0 saturated heterocycles. The molecule has 14 rings (SSSR count). The molecule has 0 saturated carbocycles. The summed E-state index contributed by atoms with van der Waals surface area (Å²) in [4.78, 5) is 0. The Morgan fingerprint density at radius 3 is 0.570 bits per heavy atom. The molecule has 12 aromatic carbocycles. The average molecular weight is 1010 g/mol. The van der Waals surface area contributed by atoms with Crippen molar-refractivity contribution in [3.05, 3.63) is 300 Å². The van der Waals surface area contributed by atoms with Gasteiger partial charge in [0, 0.05) is 0 Å². The van der Waals surface area contributed by atoms with Crippen molar-refractivity contribution in [2.45, 2.75) is 19.3 Å². The Morgan fingerprint density at radius 1 is 0.203 bits per heavy atom. The summed E-state index contributed by atoms with van der Waals surface area (Å²) in [6.07, 6.45) is 0. The van der Waals surface area contributed by atoms with Crippen LogP contribution >= 0.6 is 0 Å². The van der Waals surface area contributed by atoms with E-state index in [2.05, 4.69) is 257 Å². The molecular formula is C77H56O2. The lowest BCUT2D eigenvalue weighted by molar-refractivity contribution is 0.415. The summed E-state index contributed by atoms with van der Waals surface area (Å²) < 4.78 is 11.0. The van der Waals surface area contributed by atoms with Crippen LogP contribution in [0.1, 0.15) is 33.4 Å². The van der Waals surface area contributed by atoms with E-state index < -0.39 is 5.41 Å². The van der Waals surface area contributed by atoms with Crippen molar-refractivity contribution in [2.75, 3.05) is 14.2 Å². The Morgan fingerprint density at radius 2 is 0.367 bits per heavy atom. The molecule has 376 valence electrons.